The molecule has 2 unspecified atom stereocenters. The molecule has 0 aromatic heterocycles. The van der Waals surface area contributed by atoms with Crippen molar-refractivity contribution in [3.8, 4) is 0 Å². The standard InChI is InChI=1S/C10H13ClNOPS.C10H14NO2PS.K.H2O/c11-14(15,10-4-2-1-3-5-10)12-6-8-13-9-7-12;12-14(15,10-4-2-1-3-5-10)11-6-8-13-9-7-11;;/h1-5H,6-9H2;1-5H,6-9H2,(H,12,15);;1H2/q;;+1;/p-1. The van der Waals surface area contributed by atoms with Crippen molar-refractivity contribution in [2.45, 2.75) is 0 Å². The molecular weight excluding hydrogens is 533 g/mol. The molecule has 0 amide bonds. The van der Waals surface area contributed by atoms with Gasteiger partial charge in [-0.1, -0.05) is 83.7 Å². The van der Waals surface area contributed by atoms with E-state index in [-0.39, 0.29) is 56.9 Å². The van der Waals surface area contributed by atoms with Crippen LogP contribution in [0.5, 0.6) is 0 Å². The summed E-state index contributed by atoms with van der Waals surface area (Å²) in [5.74, 6) is 0. The first-order valence-corrected chi connectivity index (χ1v) is 16.2. The number of hydrogen-bond donors (Lipinski definition) is 1. The number of rotatable bonds is 4. The predicted molar refractivity (Wildman–Crippen MR) is 136 cm³/mol. The molecule has 2 N–H and O–H groups in total. The average Bonchev–Trinajstić information content (AvgIpc) is 2.82. The number of ether oxygens (including phenoxy) is 2. The molecule has 172 valence electrons. The van der Waals surface area contributed by atoms with E-state index in [1.165, 1.54) is 0 Å². The van der Waals surface area contributed by atoms with Gasteiger partial charge in [0.05, 0.1) is 26.4 Å². The van der Waals surface area contributed by atoms with Crippen molar-refractivity contribution in [2.75, 3.05) is 52.6 Å². The first-order valence-electron chi connectivity index (χ1n) is 9.82. The van der Waals surface area contributed by atoms with Crippen LogP contribution in [0.3, 0.4) is 0 Å². The quantitative estimate of drug-likeness (QED) is 0.413. The van der Waals surface area contributed by atoms with Crippen LogP contribution >= 0.6 is 23.2 Å². The second-order valence-electron chi connectivity index (χ2n) is 6.85. The van der Waals surface area contributed by atoms with Crippen molar-refractivity contribution >= 4 is 57.4 Å². The third-order valence-corrected chi connectivity index (χ3v) is 13.0. The Hall–Kier alpha value is 1.43. The topological polar surface area (TPSA) is 75.2 Å². The van der Waals surface area contributed by atoms with Gasteiger partial charge in [-0.05, 0) is 11.8 Å². The van der Waals surface area contributed by atoms with E-state index in [2.05, 4.69) is 4.67 Å². The summed E-state index contributed by atoms with van der Waals surface area (Å²) >= 11 is 17.5. The Kier molecular flexibility index (Phi) is 15.3. The van der Waals surface area contributed by atoms with Crippen molar-refractivity contribution in [2.24, 2.45) is 0 Å². The minimum absolute atomic E-state index is 0. The molecule has 2 aliphatic heterocycles. The van der Waals surface area contributed by atoms with Crippen LogP contribution in [0.4, 0.5) is 0 Å². The van der Waals surface area contributed by atoms with Crippen LogP contribution in [0.2, 0.25) is 0 Å². The van der Waals surface area contributed by atoms with Crippen molar-refractivity contribution < 1.29 is 71.2 Å². The molecule has 2 aromatic rings. The number of nitrogens with zero attached hydrogens (tertiary/aromatic N) is 2. The minimum atomic E-state index is -2.53. The van der Waals surface area contributed by atoms with Gasteiger partial charge in [-0.2, -0.15) is 0 Å². The molecule has 2 heterocycles. The van der Waals surface area contributed by atoms with Gasteiger partial charge in [0.25, 0.3) is 0 Å². The summed E-state index contributed by atoms with van der Waals surface area (Å²) in [5.41, 5.74) is -2.06. The Labute approximate surface area is 248 Å². The molecule has 0 spiro atoms. The monoisotopic (exact) mass is 560 g/mol. The van der Waals surface area contributed by atoms with Crippen LogP contribution in [0.15, 0.2) is 60.7 Å². The third-order valence-electron chi connectivity index (χ3n) is 4.89. The summed E-state index contributed by atoms with van der Waals surface area (Å²) < 4.78 is 14.7. The molecular formula is C20H28ClKN2O4P2S2. The zero-order chi connectivity index (χ0) is 21.5. The van der Waals surface area contributed by atoms with Crippen LogP contribution in [-0.4, -0.2) is 72.3 Å². The van der Waals surface area contributed by atoms with Crippen molar-refractivity contribution in [3.05, 3.63) is 60.7 Å². The molecule has 0 aliphatic carbocycles. The zero-order valence-electron chi connectivity index (χ0n) is 18.1. The Morgan fingerprint density at radius 2 is 1.09 bits per heavy atom. The summed E-state index contributed by atoms with van der Waals surface area (Å²) in [6.45, 7) is 5.92. The largest absolute Gasteiger partial charge is 1.00 e. The van der Waals surface area contributed by atoms with Crippen molar-refractivity contribution in [1.29, 1.82) is 0 Å². The van der Waals surface area contributed by atoms with E-state index in [9.17, 15) is 4.89 Å². The van der Waals surface area contributed by atoms with Gasteiger partial charge in [0.1, 0.15) is 5.54 Å². The fraction of sp³-hybridized carbons (Fsp3) is 0.400. The van der Waals surface area contributed by atoms with Gasteiger partial charge in [0.15, 0.2) is 6.42 Å². The van der Waals surface area contributed by atoms with Crippen molar-refractivity contribution in [1.82, 2.24) is 9.34 Å². The Bertz CT molecular complexity index is 816. The second-order valence-corrected chi connectivity index (χ2v) is 16.3. The molecule has 2 aromatic carbocycles. The van der Waals surface area contributed by atoms with Gasteiger partial charge in [0, 0.05) is 36.8 Å². The van der Waals surface area contributed by atoms with E-state index in [1.807, 2.05) is 65.3 Å². The Balaban J connectivity index is 0.000000301. The smallest absolute Gasteiger partial charge is 0.870 e. The van der Waals surface area contributed by atoms with Gasteiger partial charge in [-0.3, -0.25) is 4.67 Å². The van der Waals surface area contributed by atoms with Crippen LogP contribution in [0, 0.1) is 0 Å². The molecule has 12 heteroatoms. The van der Waals surface area contributed by atoms with Gasteiger partial charge < -0.3 is 19.8 Å². The number of halogens is 1. The van der Waals surface area contributed by atoms with Gasteiger partial charge in [-0.25, -0.2) is 4.67 Å². The van der Waals surface area contributed by atoms with Crippen molar-refractivity contribution in [3.63, 3.8) is 0 Å². The normalized spacial score (nSPS) is 20.8. The molecule has 2 atom stereocenters. The summed E-state index contributed by atoms with van der Waals surface area (Å²) in [4.78, 5) is 10.4. The van der Waals surface area contributed by atoms with E-state index >= 15 is 0 Å². The summed E-state index contributed by atoms with van der Waals surface area (Å²) in [6, 6.07) is 19.5. The Morgan fingerprint density at radius 3 is 1.53 bits per heavy atom. The first-order chi connectivity index (χ1) is 14.4. The molecule has 2 saturated heterocycles. The van der Waals surface area contributed by atoms with E-state index in [4.69, 9.17) is 44.3 Å². The van der Waals surface area contributed by atoms with E-state index in [1.54, 1.807) is 0 Å². The van der Waals surface area contributed by atoms with Gasteiger partial charge >= 0.3 is 51.4 Å². The fourth-order valence-corrected chi connectivity index (χ4v) is 8.83. The summed E-state index contributed by atoms with van der Waals surface area (Å²) in [5, 5.41) is 1.94. The van der Waals surface area contributed by atoms with E-state index in [0.29, 0.717) is 13.2 Å². The number of hydrogen-bond acceptors (Lipinski definition) is 5. The summed E-state index contributed by atoms with van der Waals surface area (Å²) in [7, 11) is 0. The molecule has 32 heavy (non-hydrogen) atoms. The maximum Gasteiger partial charge on any atom is 1.00 e. The number of morpholine rings is 2. The molecule has 4 rings (SSSR count). The van der Waals surface area contributed by atoms with Crippen LogP contribution in [0.1, 0.15) is 0 Å². The SMILES string of the molecule is OP(=S)(c1ccccc1)N1CCOCC1.S=P(Cl)(c1ccccc1)N1CCOCC1.[K+].[OH-]. The first kappa shape index (κ1) is 31.5. The molecule has 0 radical (unpaired) electrons. The molecule has 6 nitrogen and oxygen atoms in total. The van der Waals surface area contributed by atoms with Gasteiger partial charge in [-0.15, -0.1) is 0 Å². The fourth-order valence-electron chi connectivity index (χ4n) is 3.20. The van der Waals surface area contributed by atoms with Gasteiger partial charge in [0.2, 0.25) is 0 Å². The number of benzene rings is 2. The van der Waals surface area contributed by atoms with E-state index < -0.39 is 12.0 Å². The Morgan fingerprint density at radius 1 is 0.719 bits per heavy atom. The zero-order valence-corrected chi connectivity index (χ0v) is 25.4. The maximum atomic E-state index is 10.4. The maximum absolute atomic E-state index is 10.4. The third kappa shape index (κ3) is 8.82. The second kappa shape index (κ2) is 15.5. The summed E-state index contributed by atoms with van der Waals surface area (Å²) in [6.07, 6.45) is -2.53. The van der Waals surface area contributed by atoms with Crippen LogP contribution in [-0.2, 0) is 33.1 Å². The molecule has 0 bridgehead atoms. The molecule has 2 fully saturated rings. The van der Waals surface area contributed by atoms with E-state index in [0.717, 1.165) is 50.0 Å². The van der Waals surface area contributed by atoms with Crippen LogP contribution < -0.4 is 62.0 Å². The molecule has 2 aliphatic rings. The average molecular weight is 561 g/mol. The van der Waals surface area contributed by atoms with Crippen LogP contribution in [0.25, 0.3) is 0 Å². The molecule has 0 saturated carbocycles. The minimum Gasteiger partial charge on any atom is -0.870 e. The predicted octanol–water partition coefficient (Wildman–Crippen LogP) is -0.0345.